The van der Waals surface area contributed by atoms with Crippen molar-refractivity contribution in [1.29, 1.82) is 0 Å². The SMILES string of the molecule is CC(C(=O)Nc1ccccc1OC(F)F)N(C)CC1CCCC1O. The average Bonchev–Trinajstić information content (AvgIpc) is 2.93. The zero-order valence-electron chi connectivity index (χ0n) is 13.9. The maximum Gasteiger partial charge on any atom is 0.387 e. The van der Waals surface area contributed by atoms with Crippen LogP contribution in [0, 0.1) is 5.92 Å². The van der Waals surface area contributed by atoms with E-state index in [1.54, 1.807) is 19.1 Å². The van der Waals surface area contributed by atoms with E-state index in [1.165, 1.54) is 12.1 Å². The van der Waals surface area contributed by atoms with E-state index in [9.17, 15) is 18.7 Å². The number of hydrogen-bond acceptors (Lipinski definition) is 4. The Labute approximate surface area is 140 Å². The van der Waals surface area contributed by atoms with Crippen molar-refractivity contribution >= 4 is 11.6 Å². The van der Waals surface area contributed by atoms with Crippen molar-refractivity contribution in [2.24, 2.45) is 5.92 Å². The van der Waals surface area contributed by atoms with Crippen LogP contribution in [0.4, 0.5) is 14.5 Å². The first kappa shape index (κ1) is 18.6. The van der Waals surface area contributed by atoms with Crippen LogP contribution in [0.15, 0.2) is 24.3 Å². The summed E-state index contributed by atoms with van der Waals surface area (Å²) in [5.74, 6) is -0.211. The number of para-hydroxylation sites is 2. The van der Waals surface area contributed by atoms with E-state index in [2.05, 4.69) is 10.1 Å². The summed E-state index contributed by atoms with van der Waals surface area (Å²) in [6.07, 6.45) is 2.43. The second kappa shape index (κ2) is 8.39. The van der Waals surface area contributed by atoms with Crippen molar-refractivity contribution in [2.45, 2.75) is 44.9 Å². The molecule has 0 aliphatic heterocycles. The van der Waals surface area contributed by atoms with Crippen LogP contribution in [0.3, 0.4) is 0 Å². The molecule has 2 rings (SSSR count). The number of aliphatic hydroxyl groups excluding tert-OH is 1. The molecule has 134 valence electrons. The highest BCUT2D eigenvalue weighted by Gasteiger charge is 2.29. The summed E-state index contributed by atoms with van der Waals surface area (Å²) in [5.41, 5.74) is 0.212. The summed E-state index contributed by atoms with van der Waals surface area (Å²) in [7, 11) is 1.82. The summed E-state index contributed by atoms with van der Waals surface area (Å²) >= 11 is 0. The van der Waals surface area contributed by atoms with Crippen LogP contribution in [-0.4, -0.2) is 48.3 Å². The lowest BCUT2D eigenvalue weighted by molar-refractivity contribution is -0.120. The number of carbonyl (C=O) groups is 1. The van der Waals surface area contributed by atoms with Gasteiger partial charge in [-0.2, -0.15) is 8.78 Å². The second-order valence-corrected chi connectivity index (χ2v) is 6.24. The largest absolute Gasteiger partial charge is 0.433 e. The van der Waals surface area contributed by atoms with Crippen molar-refractivity contribution < 1.29 is 23.4 Å². The molecule has 0 heterocycles. The minimum absolute atomic E-state index is 0.0677. The Morgan fingerprint density at radius 2 is 2.12 bits per heavy atom. The van der Waals surface area contributed by atoms with Gasteiger partial charge in [0, 0.05) is 6.54 Å². The van der Waals surface area contributed by atoms with Crippen LogP contribution in [-0.2, 0) is 4.79 Å². The lowest BCUT2D eigenvalue weighted by atomic mass is 10.0. The van der Waals surface area contributed by atoms with E-state index in [0.717, 1.165) is 19.3 Å². The van der Waals surface area contributed by atoms with Gasteiger partial charge in [-0.3, -0.25) is 9.69 Å². The molecule has 7 heteroatoms. The number of nitrogens with zero attached hydrogens (tertiary/aromatic N) is 1. The molecule has 0 aromatic heterocycles. The van der Waals surface area contributed by atoms with Gasteiger partial charge in [0.2, 0.25) is 5.91 Å². The van der Waals surface area contributed by atoms with Gasteiger partial charge in [-0.1, -0.05) is 18.6 Å². The third-order valence-corrected chi connectivity index (χ3v) is 4.54. The molecule has 5 nitrogen and oxygen atoms in total. The Morgan fingerprint density at radius 3 is 2.75 bits per heavy atom. The van der Waals surface area contributed by atoms with Crippen LogP contribution >= 0.6 is 0 Å². The first-order valence-electron chi connectivity index (χ1n) is 8.11. The molecule has 2 N–H and O–H groups in total. The van der Waals surface area contributed by atoms with E-state index in [0.29, 0.717) is 6.54 Å². The van der Waals surface area contributed by atoms with Gasteiger partial charge in [0.05, 0.1) is 17.8 Å². The normalized spacial score (nSPS) is 22.0. The molecular weight excluding hydrogens is 318 g/mol. The Kier molecular flexibility index (Phi) is 6.51. The molecule has 1 saturated carbocycles. The number of carbonyl (C=O) groups excluding carboxylic acids is 1. The fraction of sp³-hybridized carbons (Fsp3) is 0.588. The first-order chi connectivity index (χ1) is 11.4. The van der Waals surface area contributed by atoms with Crippen molar-refractivity contribution in [3.05, 3.63) is 24.3 Å². The topological polar surface area (TPSA) is 61.8 Å². The number of benzene rings is 1. The van der Waals surface area contributed by atoms with Gasteiger partial charge < -0.3 is 15.2 Å². The van der Waals surface area contributed by atoms with E-state index >= 15 is 0 Å². The Morgan fingerprint density at radius 1 is 1.42 bits per heavy atom. The zero-order valence-corrected chi connectivity index (χ0v) is 13.9. The van der Waals surface area contributed by atoms with Crippen molar-refractivity contribution in [3.8, 4) is 5.75 Å². The molecule has 3 unspecified atom stereocenters. The van der Waals surface area contributed by atoms with E-state index in [-0.39, 0.29) is 29.4 Å². The predicted molar refractivity (Wildman–Crippen MR) is 87.1 cm³/mol. The number of alkyl halides is 2. The second-order valence-electron chi connectivity index (χ2n) is 6.24. The van der Waals surface area contributed by atoms with Crippen molar-refractivity contribution in [3.63, 3.8) is 0 Å². The van der Waals surface area contributed by atoms with Gasteiger partial charge in [-0.25, -0.2) is 0 Å². The van der Waals surface area contributed by atoms with Gasteiger partial charge in [0.25, 0.3) is 0 Å². The fourth-order valence-electron chi connectivity index (χ4n) is 2.96. The standard InChI is InChI=1S/C17H24F2N2O3/c1-11(21(2)10-12-6-5-8-14(12)22)16(23)20-13-7-3-4-9-15(13)24-17(18)19/h3-4,7,9,11-12,14,17,22H,5-6,8,10H2,1-2H3,(H,20,23). The van der Waals surface area contributed by atoms with Crippen LogP contribution in [0.2, 0.25) is 0 Å². The van der Waals surface area contributed by atoms with Crippen LogP contribution < -0.4 is 10.1 Å². The molecular formula is C17H24F2N2O3. The van der Waals surface area contributed by atoms with Crippen LogP contribution in [0.5, 0.6) is 5.75 Å². The Bertz CT molecular complexity index is 556. The summed E-state index contributed by atoms with van der Waals surface area (Å²) in [5, 5.41) is 12.5. The summed E-state index contributed by atoms with van der Waals surface area (Å²) in [6, 6.07) is 5.63. The smallest absolute Gasteiger partial charge is 0.387 e. The highest BCUT2D eigenvalue weighted by atomic mass is 19.3. The molecule has 0 bridgehead atoms. The predicted octanol–water partition coefficient (Wildman–Crippen LogP) is 2.71. The van der Waals surface area contributed by atoms with Gasteiger partial charge in [-0.15, -0.1) is 0 Å². The van der Waals surface area contributed by atoms with E-state index in [1.807, 2.05) is 11.9 Å². The van der Waals surface area contributed by atoms with Gasteiger partial charge in [-0.05, 0) is 44.9 Å². The molecule has 1 amide bonds. The lowest BCUT2D eigenvalue weighted by Crippen LogP contribution is -2.43. The van der Waals surface area contributed by atoms with Gasteiger partial charge >= 0.3 is 6.61 Å². The minimum atomic E-state index is -2.95. The third-order valence-electron chi connectivity index (χ3n) is 4.54. The molecule has 1 aliphatic rings. The van der Waals surface area contributed by atoms with Crippen LogP contribution in [0.1, 0.15) is 26.2 Å². The number of rotatable bonds is 7. The molecule has 1 fully saturated rings. The Hall–Kier alpha value is -1.73. The van der Waals surface area contributed by atoms with Gasteiger partial charge in [0.15, 0.2) is 0 Å². The molecule has 24 heavy (non-hydrogen) atoms. The maximum absolute atomic E-state index is 12.4. The number of anilines is 1. The highest BCUT2D eigenvalue weighted by molar-refractivity contribution is 5.95. The number of halogens is 2. The number of aliphatic hydroxyl groups is 1. The molecule has 0 radical (unpaired) electrons. The fourth-order valence-corrected chi connectivity index (χ4v) is 2.96. The maximum atomic E-state index is 12.4. The third kappa shape index (κ3) is 4.88. The highest BCUT2D eigenvalue weighted by Crippen LogP contribution is 2.28. The van der Waals surface area contributed by atoms with E-state index < -0.39 is 12.7 Å². The quantitative estimate of drug-likeness (QED) is 0.800. The number of nitrogens with one attached hydrogen (secondary N) is 1. The monoisotopic (exact) mass is 342 g/mol. The zero-order chi connectivity index (χ0) is 17.7. The number of ether oxygens (including phenoxy) is 1. The average molecular weight is 342 g/mol. The minimum Gasteiger partial charge on any atom is -0.433 e. The summed E-state index contributed by atoms with van der Waals surface area (Å²) in [6.45, 7) is -0.593. The van der Waals surface area contributed by atoms with Crippen LogP contribution in [0.25, 0.3) is 0 Å². The molecule has 1 aromatic rings. The number of amides is 1. The van der Waals surface area contributed by atoms with E-state index in [4.69, 9.17) is 0 Å². The number of hydrogen-bond donors (Lipinski definition) is 2. The van der Waals surface area contributed by atoms with Crippen molar-refractivity contribution in [2.75, 3.05) is 18.9 Å². The first-order valence-corrected chi connectivity index (χ1v) is 8.11. The molecule has 1 aromatic carbocycles. The lowest BCUT2D eigenvalue weighted by Gasteiger charge is -2.28. The molecule has 0 saturated heterocycles. The Balaban J connectivity index is 1.96. The molecule has 1 aliphatic carbocycles. The van der Waals surface area contributed by atoms with Crippen molar-refractivity contribution in [1.82, 2.24) is 4.90 Å². The molecule has 0 spiro atoms. The summed E-state index contributed by atoms with van der Waals surface area (Å²) in [4.78, 5) is 14.3. The van der Waals surface area contributed by atoms with Gasteiger partial charge in [0.1, 0.15) is 5.75 Å². The molecule has 3 atom stereocenters. The number of likely N-dealkylation sites (N-methyl/N-ethyl adjacent to an activating group) is 1. The summed E-state index contributed by atoms with van der Waals surface area (Å²) < 4.78 is 29.3.